The third-order valence-electron chi connectivity index (χ3n) is 2.21. The number of nitrogens with zero attached hydrogens (tertiary/aromatic N) is 1. The van der Waals surface area contributed by atoms with E-state index in [1.165, 1.54) is 6.08 Å². The molecular formula is C13H15N3O3. The first kappa shape index (κ1) is 13.1. The fourth-order valence-electron chi connectivity index (χ4n) is 1.53. The number of rotatable bonds is 2. The van der Waals surface area contributed by atoms with Gasteiger partial charge >= 0.3 is 11.7 Å². The Morgan fingerprint density at radius 3 is 2.79 bits per heavy atom. The Balaban J connectivity index is 2.16. The van der Waals surface area contributed by atoms with E-state index in [-0.39, 0.29) is 5.69 Å². The molecule has 0 aliphatic carbocycles. The predicted molar refractivity (Wildman–Crippen MR) is 71.6 cm³/mol. The number of fused-ring (bicyclic) bond motifs is 1. The van der Waals surface area contributed by atoms with Gasteiger partial charge in [0.15, 0.2) is 5.65 Å². The molecule has 0 aliphatic rings. The second-order valence-corrected chi connectivity index (χ2v) is 5.11. The minimum atomic E-state index is -0.518. The lowest BCUT2D eigenvalue weighted by Gasteiger charge is -2.17. The SMILES string of the molecule is CC(C)(C)OC(=O)C=Cc1cnc2[nH]c(=O)[nH]c2c1. The highest BCUT2D eigenvalue weighted by atomic mass is 16.6. The quantitative estimate of drug-likeness (QED) is 0.635. The van der Waals surface area contributed by atoms with Crippen LogP contribution in [-0.4, -0.2) is 26.5 Å². The summed E-state index contributed by atoms with van der Waals surface area (Å²) in [5.41, 5.74) is 0.954. The molecule has 6 heteroatoms. The summed E-state index contributed by atoms with van der Waals surface area (Å²) in [7, 11) is 0. The highest BCUT2D eigenvalue weighted by Crippen LogP contribution is 2.10. The van der Waals surface area contributed by atoms with E-state index in [9.17, 15) is 9.59 Å². The maximum absolute atomic E-state index is 11.5. The maximum Gasteiger partial charge on any atom is 0.331 e. The Bertz CT molecular complexity index is 689. The molecule has 2 rings (SSSR count). The number of ether oxygens (including phenoxy) is 1. The molecule has 0 bridgehead atoms. The number of carbonyl (C=O) groups excluding carboxylic acids is 1. The number of hydrogen-bond acceptors (Lipinski definition) is 4. The van der Waals surface area contributed by atoms with Gasteiger partial charge in [-0.3, -0.25) is 4.98 Å². The number of carbonyl (C=O) groups is 1. The van der Waals surface area contributed by atoms with E-state index in [0.717, 1.165) is 0 Å². The maximum atomic E-state index is 11.5. The smallest absolute Gasteiger partial charge is 0.331 e. The van der Waals surface area contributed by atoms with Crippen molar-refractivity contribution in [3.63, 3.8) is 0 Å². The van der Waals surface area contributed by atoms with Crippen LogP contribution in [0.5, 0.6) is 0 Å². The number of pyridine rings is 1. The number of imidazole rings is 1. The molecular weight excluding hydrogens is 246 g/mol. The van der Waals surface area contributed by atoms with Gasteiger partial charge in [-0.25, -0.2) is 14.6 Å². The second-order valence-electron chi connectivity index (χ2n) is 5.11. The molecule has 0 saturated carbocycles. The molecule has 0 amide bonds. The average molecular weight is 261 g/mol. The molecule has 19 heavy (non-hydrogen) atoms. The summed E-state index contributed by atoms with van der Waals surface area (Å²) >= 11 is 0. The topological polar surface area (TPSA) is 87.8 Å². The van der Waals surface area contributed by atoms with Crippen LogP contribution in [0.1, 0.15) is 26.3 Å². The van der Waals surface area contributed by atoms with Crippen molar-refractivity contribution in [2.24, 2.45) is 0 Å². The van der Waals surface area contributed by atoms with Crippen LogP contribution in [0.3, 0.4) is 0 Å². The molecule has 0 aromatic carbocycles. The lowest BCUT2D eigenvalue weighted by atomic mass is 10.2. The van der Waals surface area contributed by atoms with Gasteiger partial charge < -0.3 is 9.72 Å². The van der Waals surface area contributed by atoms with Crippen molar-refractivity contribution in [2.45, 2.75) is 26.4 Å². The lowest BCUT2D eigenvalue weighted by Crippen LogP contribution is -2.22. The van der Waals surface area contributed by atoms with Gasteiger partial charge in [-0.05, 0) is 38.5 Å². The number of nitrogens with one attached hydrogen (secondary N) is 2. The molecule has 2 aromatic rings. The number of H-pyrrole nitrogens is 2. The normalized spacial score (nSPS) is 12.2. The largest absolute Gasteiger partial charge is 0.457 e. The van der Waals surface area contributed by atoms with Gasteiger partial charge in [0.05, 0.1) is 5.52 Å². The molecule has 0 aliphatic heterocycles. The Hall–Kier alpha value is -2.37. The average Bonchev–Trinajstić information content (AvgIpc) is 2.63. The van der Waals surface area contributed by atoms with Gasteiger partial charge in [0.2, 0.25) is 0 Å². The molecule has 0 fully saturated rings. The zero-order valence-corrected chi connectivity index (χ0v) is 11.0. The van der Waals surface area contributed by atoms with Crippen LogP contribution >= 0.6 is 0 Å². The van der Waals surface area contributed by atoms with Crippen LogP contribution in [0.2, 0.25) is 0 Å². The van der Waals surface area contributed by atoms with E-state index in [4.69, 9.17) is 4.74 Å². The summed E-state index contributed by atoms with van der Waals surface area (Å²) in [6, 6.07) is 1.72. The Kier molecular flexibility index (Phi) is 3.25. The van der Waals surface area contributed by atoms with Crippen molar-refractivity contribution in [3.8, 4) is 0 Å². The standard InChI is InChI=1S/C13H15N3O3/c1-13(2,3)19-10(17)5-4-8-6-9-11(14-7-8)16-12(18)15-9/h4-7H,1-3H3,(H2,14,15,16,18). The highest BCUT2D eigenvalue weighted by molar-refractivity contribution is 5.88. The molecule has 2 aromatic heterocycles. The monoisotopic (exact) mass is 261 g/mol. The molecule has 0 radical (unpaired) electrons. The van der Waals surface area contributed by atoms with Gasteiger partial charge in [0.1, 0.15) is 5.60 Å². The fraction of sp³-hybridized carbons (Fsp3) is 0.308. The van der Waals surface area contributed by atoms with Crippen molar-refractivity contribution < 1.29 is 9.53 Å². The van der Waals surface area contributed by atoms with Crippen LogP contribution < -0.4 is 5.69 Å². The van der Waals surface area contributed by atoms with Gasteiger partial charge in [0.25, 0.3) is 0 Å². The Morgan fingerprint density at radius 2 is 2.11 bits per heavy atom. The fourth-order valence-corrected chi connectivity index (χ4v) is 1.53. The number of aromatic amines is 2. The minimum Gasteiger partial charge on any atom is -0.457 e. The molecule has 6 nitrogen and oxygen atoms in total. The van der Waals surface area contributed by atoms with E-state index in [1.54, 1.807) is 39.1 Å². The van der Waals surface area contributed by atoms with Crippen LogP contribution in [0.15, 0.2) is 23.1 Å². The molecule has 100 valence electrons. The van der Waals surface area contributed by atoms with Crippen molar-refractivity contribution >= 4 is 23.2 Å². The van der Waals surface area contributed by atoms with Gasteiger partial charge in [-0.2, -0.15) is 0 Å². The lowest BCUT2D eigenvalue weighted by molar-refractivity contribution is -0.148. The molecule has 2 heterocycles. The van der Waals surface area contributed by atoms with E-state index < -0.39 is 11.6 Å². The van der Waals surface area contributed by atoms with Crippen LogP contribution in [0, 0.1) is 0 Å². The second kappa shape index (κ2) is 4.72. The molecule has 0 spiro atoms. The Labute approximate surface area is 109 Å². The van der Waals surface area contributed by atoms with Crippen LogP contribution in [-0.2, 0) is 9.53 Å². The first-order valence-corrected chi connectivity index (χ1v) is 5.83. The van der Waals surface area contributed by atoms with E-state index in [0.29, 0.717) is 16.7 Å². The summed E-state index contributed by atoms with van der Waals surface area (Å²) in [6.07, 6.45) is 4.48. The van der Waals surface area contributed by atoms with Crippen LogP contribution in [0.25, 0.3) is 17.2 Å². The van der Waals surface area contributed by atoms with Gasteiger partial charge in [0, 0.05) is 12.3 Å². The van der Waals surface area contributed by atoms with Crippen LogP contribution in [0.4, 0.5) is 0 Å². The zero-order valence-electron chi connectivity index (χ0n) is 11.0. The van der Waals surface area contributed by atoms with E-state index in [2.05, 4.69) is 15.0 Å². The van der Waals surface area contributed by atoms with E-state index in [1.807, 2.05) is 0 Å². The van der Waals surface area contributed by atoms with Crippen molar-refractivity contribution in [3.05, 3.63) is 34.4 Å². The summed E-state index contributed by atoms with van der Waals surface area (Å²) in [4.78, 5) is 31.8. The first-order valence-electron chi connectivity index (χ1n) is 5.83. The summed E-state index contributed by atoms with van der Waals surface area (Å²) in [5.74, 6) is -0.421. The predicted octanol–water partition coefficient (Wildman–Crippen LogP) is 1.61. The summed E-state index contributed by atoms with van der Waals surface area (Å²) < 4.78 is 5.14. The highest BCUT2D eigenvalue weighted by Gasteiger charge is 2.13. The first-order chi connectivity index (χ1) is 8.83. The molecule has 0 unspecified atom stereocenters. The van der Waals surface area contributed by atoms with Gasteiger partial charge in [-0.15, -0.1) is 0 Å². The zero-order chi connectivity index (χ0) is 14.0. The van der Waals surface area contributed by atoms with Crippen molar-refractivity contribution in [2.75, 3.05) is 0 Å². The summed E-state index contributed by atoms with van der Waals surface area (Å²) in [6.45, 7) is 5.41. The Morgan fingerprint density at radius 1 is 1.37 bits per heavy atom. The van der Waals surface area contributed by atoms with E-state index >= 15 is 0 Å². The third-order valence-corrected chi connectivity index (χ3v) is 2.21. The molecule has 2 N–H and O–H groups in total. The number of esters is 1. The van der Waals surface area contributed by atoms with Gasteiger partial charge in [-0.1, -0.05) is 0 Å². The van der Waals surface area contributed by atoms with Crippen molar-refractivity contribution in [1.29, 1.82) is 0 Å². The molecule has 0 atom stereocenters. The number of hydrogen-bond donors (Lipinski definition) is 2. The number of aromatic nitrogens is 3. The molecule has 0 saturated heterocycles. The third kappa shape index (κ3) is 3.54. The summed E-state index contributed by atoms with van der Waals surface area (Å²) in [5, 5.41) is 0. The minimum absolute atomic E-state index is 0.309. The van der Waals surface area contributed by atoms with Crippen molar-refractivity contribution in [1.82, 2.24) is 15.0 Å².